The Kier molecular flexibility index (Phi) is 4.52. The van der Waals surface area contributed by atoms with E-state index in [0.717, 1.165) is 60.1 Å². The number of nitrogens with one attached hydrogen (secondary N) is 1. The molecule has 4 aromatic rings. The standard InChI is InChI=1S/C24H22FN3O/c25-18-6-8-19(9-7-18)28-13-11-27(12-14-28)16-17-5-10-21-20-3-1-2-4-22(20)24(29)26-23(21)15-17/h1-10,15H,11-14,16H2,(H,26,29). The van der Waals surface area contributed by atoms with Gasteiger partial charge in [-0.3, -0.25) is 9.69 Å². The van der Waals surface area contributed by atoms with Crippen LogP contribution in [0.1, 0.15) is 5.56 Å². The molecule has 5 rings (SSSR count). The first-order valence-corrected chi connectivity index (χ1v) is 9.94. The van der Waals surface area contributed by atoms with Crippen molar-refractivity contribution in [1.82, 2.24) is 9.88 Å². The van der Waals surface area contributed by atoms with Crippen molar-refractivity contribution in [2.45, 2.75) is 6.54 Å². The molecule has 5 heteroatoms. The van der Waals surface area contributed by atoms with Crippen molar-refractivity contribution < 1.29 is 4.39 Å². The molecule has 0 aliphatic carbocycles. The summed E-state index contributed by atoms with van der Waals surface area (Å²) in [7, 11) is 0. The molecule has 0 radical (unpaired) electrons. The fourth-order valence-corrected chi connectivity index (χ4v) is 4.21. The molecule has 146 valence electrons. The number of hydrogen-bond acceptors (Lipinski definition) is 3. The molecular weight excluding hydrogens is 365 g/mol. The molecule has 0 spiro atoms. The topological polar surface area (TPSA) is 39.3 Å². The summed E-state index contributed by atoms with van der Waals surface area (Å²) in [6.45, 7) is 4.58. The van der Waals surface area contributed by atoms with E-state index in [1.165, 1.54) is 17.7 Å². The molecule has 4 nitrogen and oxygen atoms in total. The Morgan fingerprint density at radius 1 is 0.828 bits per heavy atom. The van der Waals surface area contributed by atoms with Gasteiger partial charge in [0.25, 0.3) is 5.56 Å². The minimum atomic E-state index is -0.200. The summed E-state index contributed by atoms with van der Waals surface area (Å²) >= 11 is 0. The highest BCUT2D eigenvalue weighted by molar-refractivity contribution is 6.05. The zero-order chi connectivity index (χ0) is 19.8. The van der Waals surface area contributed by atoms with Crippen molar-refractivity contribution in [2.24, 2.45) is 0 Å². The van der Waals surface area contributed by atoms with Crippen molar-refractivity contribution in [3.05, 3.63) is 88.5 Å². The van der Waals surface area contributed by atoms with Crippen LogP contribution >= 0.6 is 0 Å². The van der Waals surface area contributed by atoms with E-state index in [2.05, 4.69) is 33.0 Å². The lowest BCUT2D eigenvalue weighted by Crippen LogP contribution is -2.45. The highest BCUT2D eigenvalue weighted by atomic mass is 19.1. The van der Waals surface area contributed by atoms with Gasteiger partial charge in [-0.1, -0.05) is 30.3 Å². The number of aromatic nitrogens is 1. The van der Waals surface area contributed by atoms with Crippen LogP contribution in [0.3, 0.4) is 0 Å². The third-order valence-electron chi connectivity index (χ3n) is 5.76. The zero-order valence-electron chi connectivity index (χ0n) is 16.1. The number of aromatic amines is 1. The van der Waals surface area contributed by atoms with Gasteiger partial charge in [0.05, 0.1) is 0 Å². The maximum Gasteiger partial charge on any atom is 0.256 e. The van der Waals surface area contributed by atoms with Crippen LogP contribution in [0.2, 0.25) is 0 Å². The first-order chi connectivity index (χ1) is 14.2. The summed E-state index contributed by atoms with van der Waals surface area (Å²) < 4.78 is 13.1. The molecular formula is C24H22FN3O. The Labute approximate surface area is 168 Å². The van der Waals surface area contributed by atoms with Gasteiger partial charge >= 0.3 is 0 Å². The van der Waals surface area contributed by atoms with Gasteiger partial charge in [0, 0.05) is 54.7 Å². The lowest BCUT2D eigenvalue weighted by atomic mass is 10.0. The van der Waals surface area contributed by atoms with Crippen LogP contribution in [0.15, 0.2) is 71.5 Å². The van der Waals surface area contributed by atoms with Gasteiger partial charge in [-0.25, -0.2) is 4.39 Å². The molecule has 1 aliphatic rings. The summed E-state index contributed by atoms with van der Waals surface area (Å²) in [5, 5.41) is 2.79. The maximum absolute atomic E-state index is 13.1. The number of hydrogen-bond donors (Lipinski definition) is 1. The zero-order valence-corrected chi connectivity index (χ0v) is 16.1. The summed E-state index contributed by atoms with van der Waals surface area (Å²) in [6, 6.07) is 20.8. The molecule has 0 unspecified atom stereocenters. The van der Waals surface area contributed by atoms with Crippen LogP contribution in [0.4, 0.5) is 10.1 Å². The Balaban J connectivity index is 1.33. The molecule has 29 heavy (non-hydrogen) atoms. The number of H-pyrrole nitrogens is 1. The molecule has 0 amide bonds. The van der Waals surface area contributed by atoms with Crippen LogP contribution in [0.5, 0.6) is 0 Å². The number of nitrogens with zero attached hydrogens (tertiary/aromatic N) is 2. The number of halogens is 1. The van der Waals surface area contributed by atoms with Crippen molar-refractivity contribution >= 4 is 27.4 Å². The van der Waals surface area contributed by atoms with Crippen molar-refractivity contribution in [3.8, 4) is 0 Å². The second kappa shape index (κ2) is 7.33. The molecule has 3 aromatic carbocycles. The molecule has 0 bridgehead atoms. The van der Waals surface area contributed by atoms with E-state index in [-0.39, 0.29) is 11.4 Å². The van der Waals surface area contributed by atoms with Gasteiger partial charge in [0.15, 0.2) is 0 Å². The first-order valence-electron chi connectivity index (χ1n) is 9.94. The highest BCUT2D eigenvalue weighted by Crippen LogP contribution is 2.23. The molecule has 2 heterocycles. The summed E-state index contributed by atoms with van der Waals surface area (Å²) in [6.07, 6.45) is 0. The van der Waals surface area contributed by atoms with Crippen LogP contribution in [-0.2, 0) is 6.54 Å². The monoisotopic (exact) mass is 387 g/mol. The second-order valence-corrected chi connectivity index (χ2v) is 7.62. The van der Waals surface area contributed by atoms with E-state index in [1.54, 1.807) is 0 Å². The van der Waals surface area contributed by atoms with Gasteiger partial charge in [0.1, 0.15) is 5.82 Å². The van der Waals surface area contributed by atoms with E-state index >= 15 is 0 Å². The van der Waals surface area contributed by atoms with Gasteiger partial charge in [0.2, 0.25) is 0 Å². The normalized spacial score (nSPS) is 15.3. The minimum absolute atomic E-state index is 0.0434. The molecule has 0 saturated carbocycles. The summed E-state index contributed by atoms with van der Waals surface area (Å²) in [5.74, 6) is -0.200. The Hall–Kier alpha value is -3.18. The van der Waals surface area contributed by atoms with Crippen LogP contribution < -0.4 is 10.5 Å². The smallest absolute Gasteiger partial charge is 0.256 e. The Morgan fingerprint density at radius 2 is 1.55 bits per heavy atom. The number of pyridine rings is 1. The maximum atomic E-state index is 13.1. The Morgan fingerprint density at radius 3 is 2.31 bits per heavy atom. The van der Waals surface area contributed by atoms with E-state index in [9.17, 15) is 9.18 Å². The number of benzene rings is 3. The van der Waals surface area contributed by atoms with E-state index < -0.39 is 0 Å². The minimum Gasteiger partial charge on any atom is -0.369 e. The van der Waals surface area contributed by atoms with Gasteiger partial charge in [-0.2, -0.15) is 0 Å². The average molecular weight is 387 g/mol. The average Bonchev–Trinajstić information content (AvgIpc) is 2.75. The molecule has 1 aromatic heterocycles. The number of fused-ring (bicyclic) bond motifs is 3. The van der Waals surface area contributed by atoms with E-state index in [0.29, 0.717) is 0 Å². The van der Waals surface area contributed by atoms with Gasteiger partial charge < -0.3 is 9.88 Å². The van der Waals surface area contributed by atoms with Gasteiger partial charge in [-0.15, -0.1) is 0 Å². The van der Waals surface area contributed by atoms with E-state index in [4.69, 9.17) is 0 Å². The number of rotatable bonds is 3. The van der Waals surface area contributed by atoms with Crippen molar-refractivity contribution in [3.63, 3.8) is 0 Å². The van der Waals surface area contributed by atoms with Crippen LogP contribution in [0, 0.1) is 5.82 Å². The third kappa shape index (κ3) is 3.49. The molecule has 1 aliphatic heterocycles. The summed E-state index contributed by atoms with van der Waals surface area (Å²) in [5.41, 5.74) is 3.11. The first kappa shape index (κ1) is 17.9. The van der Waals surface area contributed by atoms with Gasteiger partial charge in [-0.05, 0) is 47.3 Å². The predicted octanol–water partition coefficient (Wildman–Crippen LogP) is 4.14. The number of piperazine rings is 1. The lowest BCUT2D eigenvalue weighted by molar-refractivity contribution is 0.250. The third-order valence-corrected chi connectivity index (χ3v) is 5.76. The fraction of sp³-hybridized carbons (Fsp3) is 0.208. The molecule has 1 saturated heterocycles. The second-order valence-electron chi connectivity index (χ2n) is 7.62. The highest BCUT2D eigenvalue weighted by Gasteiger charge is 2.17. The SMILES string of the molecule is O=c1[nH]c2cc(CN3CCN(c4ccc(F)cc4)CC3)ccc2c2ccccc12. The molecule has 1 fully saturated rings. The fourth-order valence-electron chi connectivity index (χ4n) is 4.21. The van der Waals surface area contributed by atoms with E-state index in [1.807, 2.05) is 36.4 Å². The summed E-state index contributed by atoms with van der Waals surface area (Å²) in [4.78, 5) is 20.1. The van der Waals surface area contributed by atoms with Crippen molar-refractivity contribution in [2.75, 3.05) is 31.1 Å². The van der Waals surface area contributed by atoms with Crippen molar-refractivity contribution in [1.29, 1.82) is 0 Å². The molecule has 1 N–H and O–H groups in total. The molecule has 0 atom stereocenters. The van der Waals surface area contributed by atoms with Crippen LogP contribution in [-0.4, -0.2) is 36.1 Å². The number of anilines is 1. The lowest BCUT2D eigenvalue weighted by Gasteiger charge is -2.36. The largest absolute Gasteiger partial charge is 0.369 e. The van der Waals surface area contributed by atoms with Crippen LogP contribution in [0.25, 0.3) is 21.7 Å². The Bertz CT molecular complexity index is 1220. The quantitative estimate of drug-likeness (QED) is 0.537. The predicted molar refractivity (Wildman–Crippen MR) is 116 cm³/mol.